The average Bonchev–Trinajstić information content (AvgIpc) is 2.79. The summed E-state index contributed by atoms with van der Waals surface area (Å²) in [7, 11) is 0. The molecule has 32 heavy (non-hydrogen) atoms. The Labute approximate surface area is 189 Å². The normalized spacial score (nSPS) is 17.9. The van der Waals surface area contributed by atoms with E-state index in [-0.39, 0.29) is 23.3 Å². The number of hydrogen-bond donors (Lipinski definition) is 1. The third-order valence-electron chi connectivity index (χ3n) is 7.27. The molecule has 0 heterocycles. The number of aromatic carboxylic acids is 1. The highest BCUT2D eigenvalue weighted by Gasteiger charge is 2.24. The van der Waals surface area contributed by atoms with Crippen molar-refractivity contribution in [2.45, 2.75) is 83.6 Å². The van der Waals surface area contributed by atoms with Crippen molar-refractivity contribution >= 4 is 28.4 Å². The predicted molar refractivity (Wildman–Crippen MR) is 123 cm³/mol. The van der Waals surface area contributed by atoms with Gasteiger partial charge in [0, 0.05) is 34.5 Å². The maximum Gasteiger partial charge on any atom is 0.252 e. The summed E-state index contributed by atoms with van der Waals surface area (Å²) in [6.45, 7) is 1.86. The summed E-state index contributed by atoms with van der Waals surface area (Å²) >= 11 is 0. The maximum atomic E-state index is 13.3. The van der Waals surface area contributed by atoms with E-state index in [9.17, 15) is 19.5 Å². The van der Waals surface area contributed by atoms with Gasteiger partial charge in [0.2, 0.25) is 0 Å². The molecular weight excluding hydrogens is 402 g/mol. The molecule has 5 heteroatoms. The Morgan fingerprint density at radius 1 is 0.812 bits per heavy atom. The van der Waals surface area contributed by atoms with E-state index in [2.05, 4.69) is 5.32 Å². The van der Waals surface area contributed by atoms with Crippen molar-refractivity contribution in [1.29, 1.82) is 0 Å². The van der Waals surface area contributed by atoms with Crippen LogP contribution in [0.5, 0.6) is 0 Å². The molecule has 5 nitrogen and oxygen atoms in total. The molecule has 0 spiro atoms. The SMILES string of the molecule is Cc1ccc(C(=O)[O-])c2c(C(=O)CC3CCCCC3)ccc(C(=O)NC3CCCCC3)c12. The van der Waals surface area contributed by atoms with Crippen LogP contribution in [0.4, 0.5) is 0 Å². The van der Waals surface area contributed by atoms with Gasteiger partial charge in [0.15, 0.2) is 5.78 Å². The summed E-state index contributed by atoms with van der Waals surface area (Å²) in [5, 5.41) is 16.0. The highest BCUT2D eigenvalue weighted by Crippen LogP contribution is 2.33. The van der Waals surface area contributed by atoms with E-state index >= 15 is 0 Å². The molecule has 2 saturated carbocycles. The van der Waals surface area contributed by atoms with Gasteiger partial charge in [0.05, 0.1) is 5.97 Å². The molecule has 0 saturated heterocycles. The van der Waals surface area contributed by atoms with Crippen molar-refractivity contribution < 1.29 is 19.5 Å². The van der Waals surface area contributed by atoms with E-state index in [1.54, 1.807) is 18.2 Å². The molecule has 170 valence electrons. The minimum Gasteiger partial charge on any atom is -0.545 e. The van der Waals surface area contributed by atoms with Gasteiger partial charge in [-0.1, -0.05) is 63.5 Å². The molecule has 2 aliphatic carbocycles. The first-order valence-electron chi connectivity index (χ1n) is 12.1. The Hall–Kier alpha value is -2.69. The number of amides is 1. The number of hydrogen-bond acceptors (Lipinski definition) is 4. The Morgan fingerprint density at radius 3 is 2.06 bits per heavy atom. The Bertz CT molecular complexity index is 1030. The molecule has 0 atom stereocenters. The van der Waals surface area contributed by atoms with Gasteiger partial charge >= 0.3 is 0 Å². The van der Waals surface area contributed by atoms with Crippen LogP contribution in [-0.4, -0.2) is 23.7 Å². The van der Waals surface area contributed by atoms with E-state index in [0.29, 0.717) is 34.2 Å². The molecule has 4 rings (SSSR count). The molecule has 0 aromatic heterocycles. The number of nitrogens with one attached hydrogen (secondary N) is 1. The van der Waals surface area contributed by atoms with E-state index < -0.39 is 5.97 Å². The standard InChI is InChI=1S/C27H33NO4/c1-17-12-13-22(27(31)32)25-20(23(29)16-18-8-4-2-5-9-18)14-15-21(24(17)25)26(30)28-19-10-6-3-7-11-19/h12-15,18-19H,2-11,16H2,1H3,(H,28,30)(H,31,32)/p-1. The summed E-state index contributed by atoms with van der Waals surface area (Å²) in [6.07, 6.45) is 11.3. The van der Waals surface area contributed by atoms with Gasteiger partial charge in [-0.3, -0.25) is 9.59 Å². The van der Waals surface area contributed by atoms with Gasteiger partial charge in [-0.15, -0.1) is 0 Å². The van der Waals surface area contributed by atoms with Gasteiger partial charge in [0.1, 0.15) is 0 Å². The van der Waals surface area contributed by atoms with E-state index in [0.717, 1.165) is 56.9 Å². The lowest BCUT2D eigenvalue weighted by Gasteiger charge is -2.24. The second-order valence-electron chi connectivity index (χ2n) is 9.57. The topological polar surface area (TPSA) is 86.3 Å². The fourth-order valence-electron chi connectivity index (χ4n) is 5.53. The first-order valence-corrected chi connectivity index (χ1v) is 12.1. The number of carbonyl (C=O) groups is 3. The summed E-state index contributed by atoms with van der Waals surface area (Å²) in [5.74, 6) is -1.23. The average molecular weight is 435 g/mol. The second-order valence-corrected chi connectivity index (χ2v) is 9.57. The van der Waals surface area contributed by atoms with Crippen molar-refractivity contribution in [3.63, 3.8) is 0 Å². The molecule has 2 aromatic rings. The number of aryl methyl sites for hydroxylation is 1. The predicted octanol–water partition coefficient (Wildman–Crippen LogP) is 4.73. The summed E-state index contributed by atoms with van der Waals surface area (Å²) in [5.41, 5.74) is 1.58. The van der Waals surface area contributed by atoms with Crippen LogP contribution in [0.1, 0.15) is 107 Å². The summed E-state index contributed by atoms with van der Waals surface area (Å²) in [4.78, 5) is 38.5. The lowest BCUT2D eigenvalue weighted by Crippen LogP contribution is -2.36. The lowest BCUT2D eigenvalue weighted by molar-refractivity contribution is -0.254. The molecule has 2 aromatic carbocycles. The zero-order valence-corrected chi connectivity index (χ0v) is 18.9. The van der Waals surface area contributed by atoms with Gasteiger partial charge < -0.3 is 15.2 Å². The smallest absolute Gasteiger partial charge is 0.252 e. The summed E-state index contributed by atoms with van der Waals surface area (Å²) < 4.78 is 0. The van der Waals surface area contributed by atoms with E-state index in [1.165, 1.54) is 18.9 Å². The Morgan fingerprint density at radius 2 is 1.41 bits per heavy atom. The van der Waals surface area contributed by atoms with Crippen LogP contribution < -0.4 is 10.4 Å². The zero-order chi connectivity index (χ0) is 22.7. The van der Waals surface area contributed by atoms with Gasteiger partial charge in [-0.2, -0.15) is 0 Å². The van der Waals surface area contributed by atoms with Crippen LogP contribution >= 0.6 is 0 Å². The maximum absolute atomic E-state index is 13.3. The van der Waals surface area contributed by atoms with Crippen molar-refractivity contribution in [3.8, 4) is 0 Å². The van der Waals surface area contributed by atoms with Crippen LogP contribution in [0.15, 0.2) is 24.3 Å². The fraction of sp³-hybridized carbons (Fsp3) is 0.519. The van der Waals surface area contributed by atoms with Crippen molar-refractivity contribution in [3.05, 3.63) is 46.5 Å². The Balaban J connectivity index is 1.75. The van der Waals surface area contributed by atoms with Gasteiger partial charge in [-0.25, -0.2) is 0 Å². The van der Waals surface area contributed by atoms with Crippen molar-refractivity contribution in [2.24, 2.45) is 5.92 Å². The van der Waals surface area contributed by atoms with Crippen LogP contribution in [0.2, 0.25) is 0 Å². The molecule has 0 bridgehead atoms. The van der Waals surface area contributed by atoms with Crippen LogP contribution in [0.25, 0.3) is 10.8 Å². The third kappa shape index (κ3) is 4.72. The third-order valence-corrected chi connectivity index (χ3v) is 7.27. The van der Waals surface area contributed by atoms with Crippen molar-refractivity contribution in [2.75, 3.05) is 0 Å². The number of benzene rings is 2. The fourth-order valence-corrected chi connectivity index (χ4v) is 5.53. The minimum absolute atomic E-state index is 0.0232. The largest absolute Gasteiger partial charge is 0.545 e. The molecular formula is C27H32NO4-. The molecule has 0 radical (unpaired) electrons. The number of carbonyl (C=O) groups excluding carboxylic acids is 3. The first-order chi connectivity index (χ1) is 15.5. The lowest BCUT2D eigenvalue weighted by atomic mass is 9.83. The number of carboxylic acids is 1. The summed E-state index contributed by atoms with van der Waals surface area (Å²) in [6, 6.07) is 6.67. The number of Topliss-reactive ketones (excluding diaryl/α,β-unsaturated/α-hetero) is 1. The molecule has 0 unspecified atom stereocenters. The minimum atomic E-state index is -1.33. The molecule has 0 aliphatic heterocycles. The monoisotopic (exact) mass is 434 g/mol. The first kappa shape index (κ1) is 22.5. The van der Waals surface area contributed by atoms with Crippen LogP contribution in [0.3, 0.4) is 0 Å². The number of ketones is 1. The number of rotatable bonds is 6. The van der Waals surface area contributed by atoms with Gasteiger partial charge in [-0.05, 0) is 48.8 Å². The van der Waals surface area contributed by atoms with Gasteiger partial charge in [0.25, 0.3) is 5.91 Å². The second kappa shape index (κ2) is 9.85. The molecule has 2 aliphatic rings. The van der Waals surface area contributed by atoms with Crippen molar-refractivity contribution in [1.82, 2.24) is 5.32 Å². The molecule has 2 fully saturated rings. The number of carboxylic acid groups (broad SMARTS) is 1. The highest BCUT2D eigenvalue weighted by atomic mass is 16.4. The quantitative estimate of drug-likeness (QED) is 0.666. The Kier molecular flexibility index (Phi) is 6.92. The number of fused-ring (bicyclic) bond motifs is 1. The molecule has 1 N–H and O–H groups in total. The van der Waals surface area contributed by atoms with Crippen LogP contribution in [0, 0.1) is 12.8 Å². The van der Waals surface area contributed by atoms with E-state index in [1.807, 2.05) is 6.92 Å². The zero-order valence-electron chi connectivity index (χ0n) is 18.9. The van der Waals surface area contributed by atoms with Crippen LogP contribution in [-0.2, 0) is 0 Å². The molecule has 1 amide bonds. The van der Waals surface area contributed by atoms with E-state index in [4.69, 9.17) is 0 Å². The highest BCUT2D eigenvalue weighted by molar-refractivity contribution is 6.20.